The molecule has 2 rings (SSSR count). The van der Waals surface area contributed by atoms with Crippen molar-refractivity contribution < 1.29 is 14.4 Å². The number of nitroso groups, excluding NO2 is 1. The highest BCUT2D eigenvalue weighted by molar-refractivity contribution is 5.86. The highest BCUT2D eigenvalue weighted by atomic mass is 16.3. The Bertz CT molecular complexity index is 908. The Kier molecular flexibility index (Phi) is 10.5. The number of unbranched alkanes of at least 4 members (excludes halogenated alkanes) is 1. The maximum Gasteiger partial charge on any atom is 0.343 e. The molecule has 1 atom stereocenters. The summed E-state index contributed by atoms with van der Waals surface area (Å²) in [5, 5.41) is 9.02. The number of hydrogen-bond acceptors (Lipinski definition) is 5. The van der Waals surface area contributed by atoms with Gasteiger partial charge in [0, 0.05) is 33.6 Å². The predicted molar refractivity (Wildman–Crippen MR) is 126 cm³/mol. The zero-order valence-electron chi connectivity index (χ0n) is 19.1. The minimum atomic E-state index is -0.663. The van der Waals surface area contributed by atoms with Crippen LogP contribution in [-0.2, 0) is 22.7 Å². The third kappa shape index (κ3) is 9.10. The molecule has 0 fully saturated rings. The van der Waals surface area contributed by atoms with Crippen molar-refractivity contribution >= 4 is 17.8 Å². The van der Waals surface area contributed by atoms with Crippen molar-refractivity contribution in [2.75, 3.05) is 13.6 Å². The number of nitrogens with one attached hydrogen (secondary N) is 2. The molecule has 0 aliphatic heterocycles. The average molecular weight is 454 g/mol. The molecular weight excluding hydrogens is 422 g/mol. The monoisotopic (exact) mass is 453 g/mol. The average Bonchev–Trinajstić information content (AvgIpc) is 2.83. The predicted octanol–water partition coefficient (Wildman–Crippen LogP) is 3.21. The van der Waals surface area contributed by atoms with Crippen LogP contribution in [0.25, 0.3) is 0 Å². The molecule has 0 spiro atoms. The summed E-state index contributed by atoms with van der Waals surface area (Å²) in [7, 11) is 1.32. The van der Waals surface area contributed by atoms with Crippen LogP contribution in [0.2, 0.25) is 0 Å². The fourth-order valence-electron chi connectivity index (χ4n) is 3.36. The molecule has 176 valence electrons. The van der Waals surface area contributed by atoms with Gasteiger partial charge < -0.3 is 15.5 Å². The summed E-state index contributed by atoms with van der Waals surface area (Å²) in [6, 6.07) is 17.8. The van der Waals surface area contributed by atoms with Crippen LogP contribution in [0.4, 0.5) is 4.79 Å². The number of rotatable bonds is 12. The molecule has 0 bridgehead atoms. The zero-order valence-corrected chi connectivity index (χ0v) is 19.1. The molecule has 2 aromatic carbocycles. The third-order valence-electron chi connectivity index (χ3n) is 5.06. The number of amides is 4. The van der Waals surface area contributed by atoms with E-state index in [1.807, 2.05) is 60.7 Å². The van der Waals surface area contributed by atoms with Crippen molar-refractivity contribution in [2.24, 2.45) is 5.29 Å². The van der Waals surface area contributed by atoms with E-state index in [1.165, 1.54) is 14.0 Å². The zero-order chi connectivity index (χ0) is 24.1. The van der Waals surface area contributed by atoms with Gasteiger partial charge in [-0.2, -0.15) is 5.01 Å². The Morgan fingerprint density at radius 3 is 2.12 bits per heavy atom. The van der Waals surface area contributed by atoms with Crippen molar-refractivity contribution in [3.8, 4) is 0 Å². The Morgan fingerprint density at radius 2 is 1.55 bits per heavy atom. The number of urea groups is 1. The first-order chi connectivity index (χ1) is 15.9. The van der Waals surface area contributed by atoms with Gasteiger partial charge in [-0.15, -0.1) is 4.91 Å². The first kappa shape index (κ1) is 25.5. The normalized spacial score (nSPS) is 11.2. The van der Waals surface area contributed by atoms with Gasteiger partial charge in [0.1, 0.15) is 6.04 Å². The van der Waals surface area contributed by atoms with Crippen LogP contribution in [-0.4, -0.2) is 47.4 Å². The van der Waals surface area contributed by atoms with E-state index in [0.717, 1.165) is 16.1 Å². The minimum absolute atomic E-state index is 0.254. The van der Waals surface area contributed by atoms with Crippen molar-refractivity contribution in [3.05, 3.63) is 76.7 Å². The highest BCUT2D eigenvalue weighted by Gasteiger charge is 2.21. The number of hydrogen-bond donors (Lipinski definition) is 2. The van der Waals surface area contributed by atoms with Gasteiger partial charge >= 0.3 is 6.03 Å². The van der Waals surface area contributed by atoms with Crippen LogP contribution >= 0.6 is 0 Å². The SMILES string of the molecule is CC(=O)N[C@@H](CCCCN(Cc1ccccc1)C(=O)N(C)N=O)C(=O)NCc1ccccc1. The van der Waals surface area contributed by atoms with Crippen molar-refractivity contribution in [1.29, 1.82) is 0 Å². The number of nitrogens with zero attached hydrogens (tertiary/aromatic N) is 3. The molecule has 4 amide bonds. The Labute approximate surface area is 194 Å². The van der Waals surface area contributed by atoms with Gasteiger partial charge in [0.15, 0.2) is 0 Å². The lowest BCUT2D eigenvalue weighted by molar-refractivity contribution is -0.128. The maximum absolute atomic E-state index is 12.6. The van der Waals surface area contributed by atoms with Crippen LogP contribution in [0.5, 0.6) is 0 Å². The summed E-state index contributed by atoms with van der Waals surface area (Å²) < 4.78 is 0. The van der Waals surface area contributed by atoms with Crippen molar-refractivity contribution in [1.82, 2.24) is 20.5 Å². The Balaban J connectivity index is 1.90. The quantitative estimate of drug-likeness (QED) is 0.292. The van der Waals surface area contributed by atoms with Gasteiger partial charge in [-0.05, 0) is 30.4 Å². The summed E-state index contributed by atoms with van der Waals surface area (Å²) in [6.45, 7) is 2.47. The molecule has 2 N–H and O–H groups in total. The molecule has 0 aromatic heterocycles. The lowest BCUT2D eigenvalue weighted by Gasteiger charge is -2.25. The van der Waals surface area contributed by atoms with E-state index in [9.17, 15) is 19.3 Å². The van der Waals surface area contributed by atoms with Gasteiger partial charge in [-0.3, -0.25) is 9.59 Å². The number of benzene rings is 2. The Morgan fingerprint density at radius 1 is 0.939 bits per heavy atom. The third-order valence-corrected chi connectivity index (χ3v) is 5.06. The molecule has 0 saturated heterocycles. The molecule has 2 aromatic rings. The van der Waals surface area contributed by atoms with Crippen LogP contribution < -0.4 is 10.6 Å². The fraction of sp³-hybridized carbons (Fsp3) is 0.375. The first-order valence-electron chi connectivity index (χ1n) is 10.9. The molecule has 9 heteroatoms. The first-order valence-corrected chi connectivity index (χ1v) is 10.9. The molecule has 0 heterocycles. The van der Waals surface area contributed by atoms with Crippen molar-refractivity contribution in [3.63, 3.8) is 0 Å². The van der Waals surface area contributed by atoms with Gasteiger partial charge in [-0.1, -0.05) is 60.7 Å². The van der Waals surface area contributed by atoms with Crippen LogP contribution in [0.15, 0.2) is 65.9 Å². The van der Waals surface area contributed by atoms with E-state index in [2.05, 4.69) is 15.9 Å². The summed E-state index contributed by atoms with van der Waals surface area (Å²) in [5.74, 6) is -0.536. The van der Waals surface area contributed by atoms with Gasteiger partial charge in [0.05, 0.1) is 5.29 Å². The minimum Gasteiger partial charge on any atom is -0.350 e. The second kappa shape index (κ2) is 13.6. The van der Waals surface area contributed by atoms with Crippen LogP contribution in [0.1, 0.15) is 37.3 Å². The molecule has 33 heavy (non-hydrogen) atoms. The second-order valence-corrected chi connectivity index (χ2v) is 7.75. The number of carbonyl (C=O) groups excluding carboxylic acids is 3. The van der Waals surface area contributed by atoms with Crippen LogP contribution in [0.3, 0.4) is 0 Å². The molecule has 0 aliphatic rings. The highest BCUT2D eigenvalue weighted by Crippen LogP contribution is 2.11. The summed E-state index contributed by atoms with van der Waals surface area (Å²) >= 11 is 0. The maximum atomic E-state index is 12.6. The molecular formula is C24H31N5O4. The van der Waals surface area contributed by atoms with Crippen molar-refractivity contribution in [2.45, 2.75) is 45.3 Å². The summed E-state index contributed by atoms with van der Waals surface area (Å²) in [4.78, 5) is 49.1. The molecule has 0 unspecified atom stereocenters. The molecule has 0 radical (unpaired) electrons. The van der Waals surface area contributed by atoms with E-state index in [0.29, 0.717) is 38.9 Å². The van der Waals surface area contributed by atoms with E-state index in [-0.39, 0.29) is 11.8 Å². The van der Waals surface area contributed by atoms with E-state index < -0.39 is 12.1 Å². The van der Waals surface area contributed by atoms with Gasteiger partial charge in [-0.25, -0.2) is 4.79 Å². The van der Waals surface area contributed by atoms with Crippen LogP contribution in [0, 0.1) is 4.91 Å². The summed E-state index contributed by atoms with van der Waals surface area (Å²) in [6.07, 6.45) is 1.61. The second-order valence-electron chi connectivity index (χ2n) is 7.75. The summed E-state index contributed by atoms with van der Waals surface area (Å²) in [5.41, 5.74) is 1.90. The smallest absolute Gasteiger partial charge is 0.343 e. The standard InChI is InChI=1S/C24H31N5O4/c1-19(30)26-22(23(31)25-17-20-11-5-3-6-12-20)15-9-10-16-29(24(32)28(2)27-33)18-21-13-7-4-8-14-21/h3-8,11-14,22H,9-10,15-18H2,1-2H3,(H,25,31)(H,26,30)/t22-/m0/s1. The topological polar surface area (TPSA) is 111 Å². The van der Waals surface area contributed by atoms with E-state index in [1.54, 1.807) is 4.90 Å². The van der Waals surface area contributed by atoms with E-state index in [4.69, 9.17) is 0 Å². The van der Waals surface area contributed by atoms with Gasteiger partial charge in [0.2, 0.25) is 11.8 Å². The fourth-order valence-corrected chi connectivity index (χ4v) is 3.36. The number of carbonyl (C=O) groups is 3. The molecule has 9 nitrogen and oxygen atoms in total. The molecule has 0 saturated carbocycles. The van der Waals surface area contributed by atoms with E-state index >= 15 is 0 Å². The molecule has 0 aliphatic carbocycles. The lowest BCUT2D eigenvalue weighted by Crippen LogP contribution is -2.46. The largest absolute Gasteiger partial charge is 0.350 e. The Hall–Kier alpha value is -3.75. The lowest BCUT2D eigenvalue weighted by atomic mass is 10.1. The van der Waals surface area contributed by atoms with Gasteiger partial charge in [0.25, 0.3) is 0 Å².